The van der Waals surface area contributed by atoms with Crippen molar-refractivity contribution < 1.29 is 13.9 Å². The number of hydrogen-bond donors (Lipinski definition) is 0. The highest BCUT2D eigenvalue weighted by Gasteiger charge is 2.22. The summed E-state index contributed by atoms with van der Waals surface area (Å²) in [4.78, 5) is 13.5. The molecule has 4 heteroatoms. The summed E-state index contributed by atoms with van der Waals surface area (Å²) in [5.74, 6) is 1.07. The van der Waals surface area contributed by atoms with Crippen LogP contribution in [-0.4, -0.2) is 17.8 Å². The highest BCUT2D eigenvalue weighted by Crippen LogP contribution is 2.36. The maximum Gasteiger partial charge on any atom is 0.319 e. The number of unbranched alkanes of at least 4 members (excludes halogenated alkanes) is 3. The van der Waals surface area contributed by atoms with Gasteiger partial charge in [0.1, 0.15) is 16.6 Å². The van der Waals surface area contributed by atoms with E-state index in [4.69, 9.17) is 9.15 Å². The summed E-state index contributed by atoms with van der Waals surface area (Å²) >= 11 is 1.62. The first kappa shape index (κ1) is 19.3. The monoisotopic (exact) mass is 374 g/mol. The smallest absolute Gasteiger partial charge is 0.319 e. The second-order valence-corrected chi connectivity index (χ2v) is 8.35. The fraction of sp³-hybridized carbons (Fsp3) is 0.591. The van der Waals surface area contributed by atoms with Crippen LogP contribution in [0, 0.1) is 0 Å². The number of benzene rings is 1. The summed E-state index contributed by atoms with van der Waals surface area (Å²) in [5, 5.41) is 1.12. The molecule has 2 aromatic rings. The number of carbonyl (C=O) groups is 1. The Morgan fingerprint density at radius 3 is 2.85 bits per heavy atom. The predicted molar refractivity (Wildman–Crippen MR) is 108 cm³/mol. The number of carbonyl (C=O) groups excluding carboxylic acids is 1. The van der Waals surface area contributed by atoms with Crippen LogP contribution in [0.5, 0.6) is 0 Å². The standard InChI is InChI=1S/C22H30O3S/c1-3-5-6-7-12-21(22(23)24-4-2)26-16-13-14-18-17-10-8-9-11-19(17)25-20(18)15-16/h13-15,21H,3-12H2,1-2H3. The van der Waals surface area contributed by atoms with Crippen molar-refractivity contribution >= 4 is 28.7 Å². The number of aryl methyl sites for hydroxylation is 2. The van der Waals surface area contributed by atoms with Crippen LogP contribution in [0.2, 0.25) is 0 Å². The van der Waals surface area contributed by atoms with Crippen molar-refractivity contribution in [2.45, 2.75) is 81.8 Å². The highest BCUT2D eigenvalue weighted by atomic mass is 32.2. The normalized spacial score (nSPS) is 15.0. The van der Waals surface area contributed by atoms with E-state index in [1.165, 1.54) is 43.1 Å². The number of rotatable bonds is 9. The van der Waals surface area contributed by atoms with Crippen molar-refractivity contribution in [1.29, 1.82) is 0 Å². The fourth-order valence-corrected chi connectivity index (χ4v) is 4.80. The minimum Gasteiger partial charge on any atom is -0.465 e. The van der Waals surface area contributed by atoms with Crippen molar-refractivity contribution in [2.75, 3.05) is 6.61 Å². The Kier molecular flexibility index (Phi) is 7.07. The molecule has 0 spiro atoms. The molecule has 0 fully saturated rings. The zero-order chi connectivity index (χ0) is 18.4. The van der Waals surface area contributed by atoms with Gasteiger partial charge in [0.15, 0.2) is 0 Å². The number of hydrogen-bond acceptors (Lipinski definition) is 4. The SMILES string of the molecule is CCCCCCC(Sc1ccc2c3c(oc2c1)CCCC3)C(=O)OCC. The molecular formula is C22H30O3S. The largest absolute Gasteiger partial charge is 0.465 e. The Bertz CT molecular complexity index is 734. The number of esters is 1. The van der Waals surface area contributed by atoms with Crippen molar-refractivity contribution in [3.05, 3.63) is 29.5 Å². The molecule has 0 saturated heterocycles. The molecule has 1 aromatic heterocycles. The zero-order valence-corrected chi connectivity index (χ0v) is 16.8. The van der Waals surface area contributed by atoms with Gasteiger partial charge in [0.2, 0.25) is 0 Å². The molecule has 3 rings (SSSR count). The molecule has 1 heterocycles. The van der Waals surface area contributed by atoms with Gasteiger partial charge in [-0.25, -0.2) is 0 Å². The summed E-state index contributed by atoms with van der Waals surface area (Å²) in [6.07, 6.45) is 10.2. The second kappa shape index (κ2) is 9.50. The Morgan fingerprint density at radius 1 is 1.19 bits per heavy atom. The highest BCUT2D eigenvalue weighted by molar-refractivity contribution is 8.00. The van der Waals surface area contributed by atoms with Crippen LogP contribution < -0.4 is 0 Å². The molecule has 0 saturated carbocycles. The van der Waals surface area contributed by atoms with Crippen molar-refractivity contribution in [3.8, 4) is 0 Å². The average molecular weight is 375 g/mol. The summed E-state index contributed by atoms with van der Waals surface area (Å²) in [6.45, 7) is 4.51. The molecular weight excluding hydrogens is 344 g/mol. The number of fused-ring (bicyclic) bond motifs is 3. The lowest BCUT2D eigenvalue weighted by atomic mass is 9.96. The van der Waals surface area contributed by atoms with Crippen LogP contribution in [0.15, 0.2) is 27.5 Å². The van der Waals surface area contributed by atoms with Gasteiger partial charge >= 0.3 is 5.97 Å². The van der Waals surface area contributed by atoms with Gasteiger partial charge in [-0.1, -0.05) is 32.6 Å². The van der Waals surface area contributed by atoms with Gasteiger partial charge < -0.3 is 9.15 Å². The second-order valence-electron chi connectivity index (χ2n) is 7.08. The minimum absolute atomic E-state index is 0.0900. The van der Waals surface area contributed by atoms with E-state index in [0.717, 1.165) is 41.9 Å². The Balaban J connectivity index is 1.73. The molecule has 0 bridgehead atoms. The first-order valence-corrected chi connectivity index (χ1v) is 11.0. The van der Waals surface area contributed by atoms with Crippen molar-refractivity contribution in [1.82, 2.24) is 0 Å². The van der Waals surface area contributed by atoms with E-state index in [-0.39, 0.29) is 11.2 Å². The summed E-state index contributed by atoms with van der Waals surface area (Å²) < 4.78 is 11.4. The number of furan rings is 1. The van der Waals surface area contributed by atoms with Gasteiger partial charge in [0.25, 0.3) is 0 Å². The van der Waals surface area contributed by atoms with E-state index in [1.807, 2.05) is 6.92 Å². The summed E-state index contributed by atoms with van der Waals surface area (Å²) in [7, 11) is 0. The predicted octanol–water partition coefficient (Wildman–Crippen LogP) is 6.31. The molecule has 0 amide bonds. The van der Waals surface area contributed by atoms with E-state index in [9.17, 15) is 4.79 Å². The van der Waals surface area contributed by atoms with Gasteiger partial charge in [-0.3, -0.25) is 4.79 Å². The van der Waals surface area contributed by atoms with Crippen LogP contribution in [0.4, 0.5) is 0 Å². The van der Waals surface area contributed by atoms with E-state index in [0.29, 0.717) is 6.61 Å². The summed E-state index contributed by atoms with van der Waals surface area (Å²) in [6, 6.07) is 6.41. The molecule has 26 heavy (non-hydrogen) atoms. The minimum atomic E-state index is -0.131. The third-order valence-electron chi connectivity index (χ3n) is 5.08. The zero-order valence-electron chi connectivity index (χ0n) is 16.0. The summed E-state index contributed by atoms with van der Waals surface area (Å²) in [5.41, 5.74) is 2.36. The molecule has 0 aliphatic heterocycles. The van der Waals surface area contributed by atoms with Crippen LogP contribution in [0.25, 0.3) is 11.0 Å². The lowest BCUT2D eigenvalue weighted by Crippen LogP contribution is -2.20. The molecule has 1 aliphatic carbocycles. The first-order chi connectivity index (χ1) is 12.7. The molecule has 1 aromatic carbocycles. The molecule has 142 valence electrons. The van der Waals surface area contributed by atoms with E-state index in [1.54, 1.807) is 11.8 Å². The molecule has 1 aliphatic rings. The third kappa shape index (κ3) is 4.64. The molecule has 0 N–H and O–H groups in total. The van der Waals surface area contributed by atoms with Gasteiger partial charge in [-0.2, -0.15) is 0 Å². The first-order valence-electron chi connectivity index (χ1n) is 10.1. The topological polar surface area (TPSA) is 39.4 Å². The molecule has 1 atom stereocenters. The van der Waals surface area contributed by atoms with Gasteiger partial charge in [0.05, 0.1) is 6.61 Å². The van der Waals surface area contributed by atoms with Crippen LogP contribution in [-0.2, 0) is 22.4 Å². The van der Waals surface area contributed by atoms with Gasteiger partial charge in [-0.15, -0.1) is 11.8 Å². The maximum absolute atomic E-state index is 12.4. The van der Waals surface area contributed by atoms with Crippen LogP contribution in [0.3, 0.4) is 0 Å². The average Bonchev–Trinajstić information content (AvgIpc) is 3.02. The van der Waals surface area contributed by atoms with E-state index < -0.39 is 0 Å². The Labute approximate surface area is 160 Å². The lowest BCUT2D eigenvalue weighted by molar-refractivity contribution is -0.142. The number of thioether (sulfide) groups is 1. The van der Waals surface area contributed by atoms with Crippen LogP contribution in [0.1, 0.15) is 70.1 Å². The van der Waals surface area contributed by atoms with E-state index in [2.05, 4.69) is 25.1 Å². The Morgan fingerprint density at radius 2 is 2.04 bits per heavy atom. The Hall–Kier alpha value is -1.42. The fourth-order valence-electron chi connectivity index (χ4n) is 3.70. The van der Waals surface area contributed by atoms with Crippen molar-refractivity contribution in [2.24, 2.45) is 0 Å². The maximum atomic E-state index is 12.4. The molecule has 3 nitrogen and oxygen atoms in total. The van der Waals surface area contributed by atoms with Crippen LogP contribution >= 0.6 is 11.8 Å². The molecule has 0 radical (unpaired) electrons. The third-order valence-corrected chi connectivity index (χ3v) is 6.32. The quantitative estimate of drug-likeness (QED) is 0.293. The van der Waals surface area contributed by atoms with Gasteiger partial charge in [-0.05, 0) is 50.8 Å². The number of ether oxygens (including phenoxy) is 1. The van der Waals surface area contributed by atoms with Gasteiger partial charge in [0, 0.05) is 22.3 Å². The molecule has 1 unspecified atom stereocenters. The van der Waals surface area contributed by atoms with Crippen molar-refractivity contribution in [3.63, 3.8) is 0 Å². The van der Waals surface area contributed by atoms with E-state index >= 15 is 0 Å². The lowest BCUT2D eigenvalue weighted by Gasteiger charge is -2.15.